The van der Waals surface area contributed by atoms with E-state index < -0.39 is 5.82 Å². The second kappa shape index (κ2) is 6.48. The highest BCUT2D eigenvalue weighted by molar-refractivity contribution is 9.10. The van der Waals surface area contributed by atoms with E-state index in [2.05, 4.69) is 21.2 Å². The molecule has 3 nitrogen and oxygen atoms in total. The van der Waals surface area contributed by atoms with Crippen LogP contribution in [0.1, 0.15) is 36.0 Å². The van der Waals surface area contributed by atoms with Crippen LogP contribution in [0, 0.1) is 11.7 Å². The van der Waals surface area contributed by atoms with Crippen molar-refractivity contribution >= 4 is 21.8 Å². The number of aliphatic hydroxyl groups is 1. The Morgan fingerprint density at radius 3 is 2.89 bits per heavy atom. The maximum absolute atomic E-state index is 13.2. The van der Waals surface area contributed by atoms with Crippen LogP contribution >= 0.6 is 15.9 Å². The van der Waals surface area contributed by atoms with Gasteiger partial charge in [0, 0.05) is 23.0 Å². The summed E-state index contributed by atoms with van der Waals surface area (Å²) in [6, 6.07) is 4.02. The van der Waals surface area contributed by atoms with Crippen molar-refractivity contribution in [1.82, 2.24) is 5.32 Å². The van der Waals surface area contributed by atoms with Gasteiger partial charge in [-0.25, -0.2) is 4.39 Å². The van der Waals surface area contributed by atoms with Crippen LogP contribution in [0.15, 0.2) is 22.7 Å². The molecule has 1 amide bonds. The fourth-order valence-electron chi connectivity index (χ4n) is 2.53. The van der Waals surface area contributed by atoms with Crippen molar-refractivity contribution in [3.05, 3.63) is 34.1 Å². The van der Waals surface area contributed by atoms with Crippen molar-refractivity contribution in [1.29, 1.82) is 0 Å². The van der Waals surface area contributed by atoms with Gasteiger partial charge in [0.05, 0.1) is 5.56 Å². The lowest BCUT2D eigenvalue weighted by Crippen LogP contribution is -2.43. The van der Waals surface area contributed by atoms with Crippen LogP contribution in [0.3, 0.4) is 0 Å². The lowest BCUT2D eigenvalue weighted by atomic mass is 9.85. The molecule has 0 heterocycles. The molecule has 1 fully saturated rings. The Balaban J connectivity index is 2.09. The maximum atomic E-state index is 13.2. The molecule has 2 atom stereocenters. The normalized spacial score (nSPS) is 23.1. The molecule has 19 heavy (non-hydrogen) atoms. The van der Waals surface area contributed by atoms with Gasteiger partial charge < -0.3 is 10.4 Å². The van der Waals surface area contributed by atoms with Gasteiger partial charge in [-0.1, -0.05) is 12.8 Å². The van der Waals surface area contributed by atoms with E-state index in [0.717, 1.165) is 25.7 Å². The predicted molar refractivity (Wildman–Crippen MR) is 74.4 cm³/mol. The first kappa shape index (κ1) is 14.5. The molecule has 104 valence electrons. The first-order chi connectivity index (χ1) is 9.11. The molecule has 0 aliphatic heterocycles. The third-order valence-electron chi connectivity index (χ3n) is 3.63. The molecule has 1 aliphatic carbocycles. The van der Waals surface area contributed by atoms with Crippen LogP contribution in [-0.4, -0.2) is 23.7 Å². The highest BCUT2D eigenvalue weighted by Gasteiger charge is 2.26. The summed E-state index contributed by atoms with van der Waals surface area (Å²) >= 11 is 3.25. The molecule has 0 bridgehead atoms. The van der Waals surface area contributed by atoms with Crippen molar-refractivity contribution in [3.63, 3.8) is 0 Å². The number of hydrogen-bond acceptors (Lipinski definition) is 2. The number of benzene rings is 1. The van der Waals surface area contributed by atoms with Gasteiger partial charge in [0.15, 0.2) is 0 Å². The van der Waals surface area contributed by atoms with Crippen LogP contribution in [0.25, 0.3) is 0 Å². The monoisotopic (exact) mass is 329 g/mol. The fourth-order valence-corrected chi connectivity index (χ4v) is 2.96. The van der Waals surface area contributed by atoms with Gasteiger partial charge in [-0.2, -0.15) is 0 Å². The van der Waals surface area contributed by atoms with Crippen LogP contribution in [0.4, 0.5) is 4.39 Å². The van der Waals surface area contributed by atoms with Gasteiger partial charge >= 0.3 is 0 Å². The minimum Gasteiger partial charge on any atom is -0.396 e. The standard InChI is InChI=1S/C14H17BrFNO2/c15-12-6-5-10(16)7-11(12)14(19)17-13-4-2-1-3-9(13)8-18/h5-7,9,13,18H,1-4,8H2,(H,17,19). The average molecular weight is 330 g/mol. The summed E-state index contributed by atoms with van der Waals surface area (Å²) in [6.45, 7) is 0.0786. The van der Waals surface area contributed by atoms with Crippen molar-refractivity contribution in [2.45, 2.75) is 31.7 Å². The number of halogens is 2. The number of aliphatic hydroxyl groups excluding tert-OH is 1. The molecule has 1 aromatic carbocycles. The second-order valence-corrected chi connectivity index (χ2v) is 5.79. The van der Waals surface area contributed by atoms with Crippen molar-refractivity contribution in [3.8, 4) is 0 Å². The van der Waals surface area contributed by atoms with E-state index in [1.165, 1.54) is 18.2 Å². The Hall–Kier alpha value is -0.940. The summed E-state index contributed by atoms with van der Waals surface area (Å²) in [5.74, 6) is -0.627. The fraction of sp³-hybridized carbons (Fsp3) is 0.500. The maximum Gasteiger partial charge on any atom is 0.252 e. The largest absolute Gasteiger partial charge is 0.396 e. The molecular weight excluding hydrogens is 313 g/mol. The Morgan fingerprint density at radius 2 is 2.16 bits per heavy atom. The first-order valence-corrected chi connectivity index (χ1v) is 7.28. The summed E-state index contributed by atoms with van der Waals surface area (Å²) in [4.78, 5) is 12.2. The van der Waals surface area contributed by atoms with Crippen molar-refractivity contribution in [2.24, 2.45) is 5.92 Å². The summed E-state index contributed by atoms with van der Waals surface area (Å²) in [5.41, 5.74) is 0.294. The molecular formula is C14H17BrFNO2. The van der Waals surface area contributed by atoms with Crippen LogP contribution in [0.5, 0.6) is 0 Å². The lowest BCUT2D eigenvalue weighted by Gasteiger charge is -2.31. The van der Waals surface area contributed by atoms with Gasteiger partial charge in [0.2, 0.25) is 0 Å². The quantitative estimate of drug-likeness (QED) is 0.895. The lowest BCUT2D eigenvalue weighted by molar-refractivity contribution is 0.0871. The highest BCUT2D eigenvalue weighted by Crippen LogP contribution is 2.25. The molecule has 0 aromatic heterocycles. The zero-order valence-electron chi connectivity index (χ0n) is 10.5. The molecule has 2 rings (SSSR count). The van der Waals surface area contributed by atoms with Gasteiger partial charge in [0.1, 0.15) is 5.82 Å². The zero-order valence-corrected chi connectivity index (χ0v) is 12.1. The molecule has 0 radical (unpaired) electrons. The third kappa shape index (κ3) is 3.54. The molecule has 1 aliphatic rings. The highest BCUT2D eigenvalue weighted by atomic mass is 79.9. The van der Waals surface area contributed by atoms with E-state index in [0.29, 0.717) is 10.0 Å². The number of amides is 1. The molecule has 2 unspecified atom stereocenters. The third-order valence-corrected chi connectivity index (χ3v) is 4.32. The topological polar surface area (TPSA) is 49.3 Å². The zero-order chi connectivity index (χ0) is 13.8. The summed E-state index contributed by atoms with van der Waals surface area (Å²) in [5, 5.41) is 12.2. The molecule has 2 N–H and O–H groups in total. The van der Waals surface area contributed by atoms with E-state index in [1.54, 1.807) is 0 Å². The number of carbonyl (C=O) groups excluding carboxylic acids is 1. The minimum absolute atomic E-state index is 0.0265. The minimum atomic E-state index is -0.435. The summed E-state index contributed by atoms with van der Waals surface area (Å²) in [6.07, 6.45) is 3.92. The van der Waals surface area contributed by atoms with E-state index in [4.69, 9.17) is 0 Å². The summed E-state index contributed by atoms with van der Waals surface area (Å²) < 4.78 is 13.8. The molecule has 0 saturated heterocycles. The molecule has 5 heteroatoms. The predicted octanol–water partition coefficient (Wildman–Crippen LogP) is 2.87. The van der Waals surface area contributed by atoms with Gasteiger partial charge in [-0.15, -0.1) is 0 Å². The SMILES string of the molecule is O=C(NC1CCCCC1CO)c1cc(F)ccc1Br. The van der Waals surface area contributed by atoms with Crippen LogP contribution in [0.2, 0.25) is 0 Å². The molecule has 1 aromatic rings. The Labute approximate surface area is 120 Å². The van der Waals surface area contributed by atoms with Gasteiger partial charge in [-0.3, -0.25) is 4.79 Å². The van der Waals surface area contributed by atoms with Crippen LogP contribution < -0.4 is 5.32 Å². The Kier molecular flexibility index (Phi) is 4.93. The van der Waals surface area contributed by atoms with Gasteiger partial charge in [-0.05, 0) is 47.0 Å². The van der Waals surface area contributed by atoms with E-state index >= 15 is 0 Å². The van der Waals surface area contributed by atoms with Crippen LogP contribution in [-0.2, 0) is 0 Å². The first-order valence-electron chi connectivity index (χ1n) is 6.48. The van der Waals surface area contributed by atoms with E-state index in [9.17, 15) is 14.3 Å². The van der Waals surface area contributed by atoms with E-state index in [1.807, 2.05) is 0 Å². The Morgan fingerprint density at radius 1 is 1.42 bits per heavy atom. The smallest absolute Gasteiger partial charge is 0.252 e. The van der Waals surface area contributed by atoms with E-state index in [-0.39, 0.29) is 24.5 Å². The van der Waals surface area contributed by atoms with Crippen molar-refractivity contribution < 1.29 is 14.3 Å². The Bertz CT molecular complexity index is 467. The van der Waals surface area contributed by atoms with Crippen molar-refractivity contribution in [2.75, 3.05) is 6.61 Å². The second-order valence-electron chi connectivity index (χ2n) is 4.93. The molecule has 1 saturated carbocycles. The molecule has 0 spiro atoms. The number of hydrogen-bond donors (Lipinski definition) is 2. The average Bonchev–Trinajstić information content (AvgIpc) is 2.42. The van der Waals surface area contributed by atoms with Gasteiger partial charge in [0.25, 0.3) is 5.91 Å². The number of rotatable bonds is 3. The number of carbonyl (C=O) groups is 1. The number of nitrogens with one attached hydrogen (secondary N) is 1. The summed E-state index contributed by atoms with van der Waals surface area (Å²) in [7, 11) is 0.